The van der Waals surface area contributed by atoms with Crippen molar-refractivity contribution in [3.05, 3.63) is 53.5 Å². The number of rotatable bonds is 4. The lowest BCUT2D eigenvalue weighted by molar-refractivity contribution is -0.140. The van der Waals surface area contributed by atoms with Gasteiger partial charge in [0, 0.05) is 35.8 Å². The van der Waals surface area contributed by atoms with Crippen LogP contribution in [0, 0.1) is 6.92 Å². The highest BCUT2D eigenvalue weighted by atomic mass is 19.4. The molecule has 0 unspecified atom stereocenters. The summed E-state index contributed by atoms with van der Waals surface area (Å²) in [5.74, 6) is -0.0797. The third kappa shape index (κ3) is 4.35. The molecule has 1 fully saturated rings. The van der Waals surface area contributed by atoms with Gasteiger partial charge in [-0.15, -0.1) is 0 Å². The van der Waals surface area contributed by atoms with Crippen molar-refractivity contribution in [1.29, 1.82) is 0 Å². The van der Waals surface area contributed by atoms with Gasteiger partial charge in [-0.25, -0.2) is 4.98 Å². The largest absolute Gasteiger partial charge is 0.433 e. The molecular weight excluding hydrogens is 409 g/mol. The first-order chi connectivity index (χ1) is 14.7. The van der Waals surface area contributed by atoms with Crippen LogP contribution in [0.1, 0.15) is 47.5 Å². The molecule has 0 atom stereocenters. The molecule has 0 saturated heterocycles. The predicted molar refractivity (Wildman–Crippen MR) is 110 cm³/mol. The Kier molecular flexibility index (Phi) is 5.60. The van der Waals surface area contributed by atoms with Crippen LogP contribution < -0.4 is 10.2 Å². The molecule has 3 aromatic rings. The van der Waals surface area contributed by atoms with E-state index in [0.717, 1.165) is 31.7 Å². The Labute approximate surface area is 177 Å². The summed E-state index contributed by atoms with van der Waals surface area (Å²) in [6.45, 7) is 1.76. The number of para-hydroxylation sites is 1. The summed E-state index contributed by atoms with van der Waals surface area (Å²) in [5, 5.41) is 7.29. The van der Waals surface area contributed by atoms with Gasteiger partial charge in [0.05, 0.1) is 11.7 Å². The number of nitrogens with one attached hydrogen (secondary N) is 1. The number of nitrogens with zero attached hydrogens (tertiary/aromatic N) is 3. The molecule has 1 saturated carbocycles. The standard InChI is InChI=1S/C22H23F3N4O2/c1-13-12-26-31-20(13)21(30)27-14-7-9-15(10-8-14)29(2)18-11-19(22(23,24)25)28-17-6-4-3-5-16(17)18/h3-6,11-12,14-15H,7-10H2,1-2H3,(H,27,30)/t14-,15+. The summed E-state index contributed by atoms with van der Waals surface area (Å²) in [5.41, 5.74) is 0.623. The molecule has 2 heterocycles. The van der Waals surface area contributed by atoms with Gasteiger partial charge in [-0.2, -0.15) is 13.2 Å². The van der Waals surface area contributed by atoms with Crippen LogP contribution in [-0.4, -0.2) is 35.2 Å². The molecule has 1 aliphatic carbocycles. The lowest BCUT2D eigenvalue weighted by atomic mass is 9.89. The van der Waals surface area contributed by atoms with Gasteiger partial charge in [0.25, 0.3) is 5.91 Å². The maximum absolute atomic E-state index is 13.4. The molecule has 0 spiro atoms. The first-order valence-corrected chi connectivity index (χ1v) is 10.2. The fourth-order valence-electron chi connectivity index (χ4n) is 4.16. The molecule has 0 bridgehead atoms. The minimum absolute atomic E-state index is 0.0124. The van der Waals surface area contributed by atoms with E-state index in [9.17, 15) is 18.0 Å². The molecule has 0 aliphatic heterocycles. The van der Waals surface area contributed by atoms with Crippen molar-refractivity contribution < 1.29 is 22.5 Å². The van der Waals surface area contributed by atoms with Crippen molar-refractivity contribution in [1.82, 2.24) is 15.5 Å². The monoisotopic (exact) mass is 432 g/mol. The summed E-state index contributed by atoms with van der Waals surface area (Å²) in [4.78, 5) is 18.1. The number of amides is 1. The van der Waals surface area contributed by atoms with Crippen molar-refractivity contribution in [2.75, 3.05) is 11.9 Å². The third-order valence-electron chi connectivity index (χ3n) is 5.90. The summed E-state index contributed by atoms with van der Waals surface area (Å²) < 4.78 is 45.2. The topological polar surface area (TPSA) is 71.3 Å². The smallest absolute Gasteiger partial charge is 0.371 e. The molecule has 1 aromatic carbocycles. The summed E-state index contributed by atoms with van der Waals surface area (Å²) in [6, 6.07) is 8.05. The normalized spacial score (nSPS) is 19.4. The molecule has 164 valence electrons. The molecule has 0 radical (unpaired) electrons. The van der Waals surface area contributed by atoms with Gasteiger partial charge in [-0.05, 0) is 44.7 Å². The van der Waals surface area contributed by atoms with Crippen molar-refractivity contribution in [2.45, 2.75) is 50.9 Å². The van der Waals surface area contributed by atoms with E-state index in [1.165, 1.54) is 6.20 Å². The Balaban J connectivity index is 1.49. The minimum Gasteiger partial charge on any atom is -0.371 e. The fraction of sp³-hybridized carbons (Fsp3) is 0.409. The highest BCUT2D eigenvalue weighted by molar-refractivity contribution is 5.93. The second kappa shape index (κ2) is 8.20. The van der Waals surface area contributed by atoms with Crippen LogP contribution in [0.5, 0.6) is 0 Å². The average molecular weight is 432 g/mol. The van der Waals surface area contributed by atoms with Crippen LogP contribution >= 0.6 is 0 Å². The van der Waals surface area contributed by atoms with E-state index in [1.807, 2.05) is 11.9 Å². The summed E-state index contributed by atoms with van der Waals surface area (Å²) in [6.07, 6.45) is -0.0781. The maximum atomic E-state index is 13.4. The Morgan fingerprint density at radius 3 is 2.55 bits per heavy atom. The van der Waals surface area contributed by atoms with E-state index in [2.05, 4.69) is 15.5 Å². The Morgan fingerprint density at radius 1 is 1.19 bits per heavy atom. The number of fused-ring (bicyclic) bond motifs is 1. The third-order valence-corrected chi connectivity index (χ3v) is 5.90. The van der Waals surface area contributed by atoms with Gasteiger partial charge < -0.3 is 14.7 Å². The van der Waals surface area contributed by atoms with Gasteiger partial charge in [0.2, 0.25) is 5.76 Å². The van der Waals surface area contributed by atoms with E-state index >= 15 is 0 Å². The average Bonchev–Trinajstić information content (AvgIpc) is 3.18. The molecule has 1 amide bonds. The molecule has 31 heavy (non-hydrogen) atoms. The van der Waals surface area contributed by atoms with Gasteiger partial charge in [0.1, 0.15) is 5.69 Å². The van der Waals surface area contributed by atoms with Gasteiger partial charge >= 0.3 is 6.18 Å². The molecule has 1 N–H and O–H groups in total. The number of pyridine rings is 1. The fourth-order valence-corrected chi connectivity index (χ4v) is 4.16. The molecule has 1 aliphatic rings. The Hall–Kier alpha value is -3.10. The van der Waals surface area contributed by atoms with Crippen molar-refractivity contribution in [3.8, 4) is 0 Å². The van der Waals surface area contributed by atoms with E-state index < -0.39 is 11.9 Å². The van der Waals surface area contributed by atoms with Crippen molar-refractivity contribution >= 4 is 22.5 Å². The first kappa shape index (κ1) is 21.1. The van der Waals surface area contributed by atoms with Crippen LogP contribution in [0.3, 0.4) is 0 Å². The van der Waals surface area contributed by atoms with Gasteiger partial charge in [0.15, 0.2) is 0 Å². The summed E-state index contributed by atoms with van der Waals surface area (Å²) >= 11 is 0. The van der Waals surface area contributed by atoms with Crippen LogP contribution in [0.15, 0.2) is 41.1 Å². The van der Waals surface area contributed by atoms with Gasteiger partial charge in [-0.1, -0.05) is 23.4 Å². The number of aromatic nitrogens is 2. The number of hydrogen-bond acceptors (Lipinski definition) is 5. The van der Waals surface area contributed by atoms with E-state index in [0.29, 0.717) is 22.2 Å². The zero-order valence-electron chi connectivity index (χ0n) is 17.2. The van der Waals surface area contributed by atoms with E-state index in [-0.39, 0.29) is 23.8 Å². The highest BCUT2D eigenvalue weighted by Gasteiger charge is 2.34. The zero-order chi connectivity index (χ0) is 22.2. The second-order valence-corrected chi connectivity index (χ2v) is 7.97. The molecule has 2 aromatic heterocycles. The molecule has 6 nitrogen and oxygen atoms in total. The molecule has 4 rings (SSSR count). The van der Waals surface area contributed by atoms with Crippen LogP contribution in [0.4, 0.5) is 18.9 Å². The van der Waals surface area contributed by atoms with Crippen LogP contribution in [0.25, 0.3) is 10.9 Å². The van der Waals surface area contributed by atoms with E-state index in [1.54, 1.807) is 31.2 Å². The van der Waals surface area contributed by atoms with Crippen molar-refractivity contribution in [3.63, 3.8) is 0 Å². The first-order valence-electron chi connectivity index (χ1n) is 10.2. The number of alkyl halides is 3. The van der Waals surface area contributed by atoms with Crippen LogP contribution in [0.2, 0.25) is 0 Å². The highest BCUT2D eigenvalue weighted by Crippen LogP contribution is 2.36. The predicted octanol–water partition coefficient (Wildman–Crippen LogP) is 4.73. The minimum atomic E-state index is -4.51. The lowest BCUT2D eigenvalue weighted by Crippen LogP contribution is -2.43. The summed E-state index contributed by atoms with van der Waals surface area (Å²) in [7, 11) is 1.82. The maximum Gasteiger partial charge on any atom is 0.433 e. The second-order valence-electron chi connectivity index (χ2n) is 7.97. The van der Waals surface area contributed by atoms with Gasteiger partial charge in [-0.3, -0.25) is 4.79 Å². The lowest BCUT2D eigenvalue weighted by Gasteiger charge is -2.36. The number of benzene rings is 1. The number of halogens is 3. The number of aryl methyl sites for hydroxylation is 1. The number of carbonyl (C=O) groups is 1. The van der Waals surface area contributed by atoms with Crippen molar-refractivity contribution in [2.24, 2.45) is 0 Å². The van der Waals surface area contributed by atoms with E-state index in [4.69, 9.17) is 4.52 Å². The Bertz CT molecular complexity index is 1090. The Morgan fingerprint density at radius 2 is 1.90 bits per heavy atom. The quantitative estimate of drug-likeness (QED) is 0.646. The number of carbonyl (C=O) groups excluding carboxylic acids is 1. The van der Waals surface area contributed by atoms with Crippen LogP contribution in [-0.2, 0) is 6.18 Å². The zero-order valence-corrected chi connectivity index (χ0v) is 17.2. The number of anilines is 1. The molecular formula is C22H23F3N4O2. The molecule has 9 heteroatoms. The number of hydrogen-bond donors (Lipinski definition) is 1. The SMILES string of the molecule is Cc1cnoc1C(=O)N[C@H]1CC[C@@H](N(C)c2cc(C(F)(F)F)nc3ccccc23)CC1.